The summed E-state index contributed by atoms with van der Waals surface area (Å²) in [5.41, 5.74) is 3.87. The molecule has 0 fully saturated rings. The molecule has 4 heteroatoms. The molecule has 0 spiro atoms. The number of fused-ring (bicyclic) bond motifs is 1. The summed E-state index contributed by atoms with van der Waals surface area (Å²) < 4.78 is 1.78. The Kier molecular flexibility index (Phi) is 2.90. The van der Waals surface area contributed by atoms with Gasteiger partial charge in [-0.25, -0.2) is 4.68 Å². The highest BCUT2D eigenvalue weighted by Gasteiger charge is 2.20. The molecule has 0 saturated heterocycles. The van der Waals surface area contributed by atoms with Crippen LogP contribution in [0, 0.1) is 0 Å². The van der Waals surface area contributed by atoms with Crippen LogP contribution < -0.4 is 0 Å². The Morgan fingerprint density at radius 3 is 2.79 bits per heavy atom. The minimum atomic E-state index is -0.934. The lowest BCUT2D eigenvalue weighted by atomic mass is 10.1. The molecule has 0 radical (unpaired) electrons. The number of nitrogens with zero attached hydrogens (tertiary/aromatic N) is 3. The average Bonchev–Trinajstić information content (AvgIpc) is 2.95. The molecule has 0 atom stereocenters. The van der Waals surface area contributed by atoms with Crippen LogP contribution in [0.15, 0.2) is 24.4 Å². The van der Waals surface area contributed by atoms with Gasteiger partial charge in [-0.15, -0.1) is 5.10 Å². The van der Waals surface area contributed by atoms with E-state index in [-0.39, 0.29) is 0 Å². The van der Waals surface area contributed by atoms with E-state index in [1.807, 2.05) is 6.20 Å². The fourth-order valence-corrected chi connectivity index (χ4v) is 2.57. The van der Waals surface area contributed by atoms with Crippen LogP contribution in [0.5, 0.6) is 0 Å². The summed E-state index contributed by atoms with van der Waals surface area (Å²) in [4.78, 5) is 0. The highest BCUT2D eigenvalue weighted by atomic mass is 16.3. The Balaban J connectivity index is 1.80. The number of rotatable bonds is 3. The summed E-state index contributed by atoms with van der Waals surface area (Å²) in [6, 6.07) is 6.66. The topological polar surface area (TPSA) is 50.9 Å². The zero-order chi connectivity index (χ0) is 13.5. The summed E-state index contributed by atoms with van der Waals surface area (Å²) in [7, 11) is 0. The fraction of sp³-hybridized carbons (Fsp3) is 0.467. The zero-order valence-electron chi connectivity index (χ0n) is 11.4. The standard InChI is InChI=1S/C15H19N3O/c1-15(2,19)14-10-18(17-16-14)9-11-6-7-12-4-3-5-13(12)8-11/h6-8,10,19H,3-5,9H2,1-2H3. The van der Waals surface area contributed by atoms with Crippen molar-refractivity contribution in [3.63, 3.8) is 0 Å². The lowest BCUT2D eigenvalue weighted by molar-refractivity contribution is 0.0737. The van der Waals surface area contributed by atoms with E-state index in [4.69, 9.17) is 0 Å². The van der Waals surface area contributed by atoms with Gasteiger partial charge in [0.25, 0.3) is 0 Å². The quantitative estimate of drug-likeness (QED) is 0.915. The van der Waals surface area contributed by atoms with Crippen molar-refractivity contribution >= 4 is 0 Å². The van der Waals surface area contributed by atoms with E-state index in [2.05, 4.69) is 28.5 Å². The van der Waals surface area contributed by atoms with Crippen LogP contribution in [0.4, 0.5) is 0 Å². The van der Waals surface area contributed by atoms with Gasteiger partial charge in [-0.2, -0.15) is 0 Å². The van der Waals surface area contributed by atoms with Gasteiger partial charge in [0.05, 0.1) is 12.7 Å². The number of aromatic nitrogens is 3. The first-order chi connectivity index (χ1) is 9.02. The van der Waals surface area contributed by atoms with Crippen LogP contribution in [-0.4, -0.2) is 20.1 Å². The Morgan fingerprint density at radius 1 is 1.26 bits per heavy atom. The summed E-state index contributed by atoms with van der Waals surface area (Å²) in [6.07, 6.45) is 5.48. The smallest absolute Gasteiger partial charge is 0.114 e. The van der Waals surface area contributed by atoms with Crippen molar-refractivity contribution in [1.82, 2.24) is 15.0 Å². The second-order valence-corrected chi connectivity index (χ2v) is 5.82. The third-order valence-corrected chi connectivity index (χ3v) is 3.67. The van der Waals surface area contributed by atoms with Gasteiger partial charge in [0.2, 0.25) is 0 Å². The van der Waals surface area contributed by atoms with E-state index >= 15 is 0 Å². The third-order valence-electron chi connectivity index (χ3n) is 3.67. The summed E-state index contributed by atoms with van der Waals surface area (Å²) in [5.74, 6) is 0. The number of benzene rings is 1. The number of hydrogen-bond donors (Lipinski definition) is 1. The number of aliphatic hydroxyl groups is 1. The van der Waals surface area contributed by atoms with E-state index in [1.165, 1.54) is 36.0 Å². The van der Waals surface area contributed by atoms with Crippen molar-refractivity contribution in [2.75, 3.05) is 0 Å². The predicted molar refractivity (Wildman–Crippen MR) is 72.8 cm³/mol. The fourth-order valence-electron chi connectivity index (χ4n) is 2.57. The first-order valence-corrected chi connectivity index (χ1v) is 6.76. The third kappa shape index (κ3) is 2.54. The largest absolute Gasteiger partial charge is 0.384 e. The molecule has 1 aliphatic carbocycles. The van der Waals surface area contributed by atoms with E-state index in [0.29, 0.717) is 12.2 Å². The van der Waals surface area contributed by atoms with Crippen LogP contribution in [0.2, 0.25) is 0 Å². The lowest BCUT2D eigenvalue weighted by Gasteiger charge is -2.11. The Morgan fingerprint density at radius 2 is 2.05 bits per heavy atom. The molecule has 3 rings (SSSR count). The minimum absolute atomic E-state index is 0.605. The molecule has 0 amide bonds. The maximum Gasteiger partial charge on any atom is 0.114 e. The Bertz CT molecular complexity index is 596. The normalized spacial score (nSPS) is 14.7. The van der Waals surface area contributed by atoms with Crippen LogP contribution >= 0.6 is 0 Å². The van der Waals surface area contributed by atoms with Gasteiger partial charge < -0.3 is 5.11 Å². The molecule has 0 bridgehead atoms. The van der Waals surface area contributed by atoms with Crippen molar-refractivity contribution in [2.45, 2.75) is 45.3 Å². The molecule has 1 aliphatic rings. The van der Waals surface area contributed by atoms with E-state index < -0.39 is 5.60 Å². The maximum atomic E-state index is 9.88. The van der Waals surface area contributed by atoms with Crippen molar-refractivity contribution in [3.8, 4) is 0 Å². The van der Waals surface area contributed by atoms with Gasteiger partial charge in [0.1, 0.15) is 11.3 Å². The van der Waals surface area contributed by atoms with Crippen LogP contribution in [0.25, 0.3) is 0 Å². The van der Waals surface area contributed by atoms with Gasteiger partial charge in [0.15, 0.2) is 0 Å². The Labute approximate surface area is 113 Å². The molecule has 19 heavy (non-hydrogen) atoms. The van der Waals surface area contributed by atoms with E-state index in [0.717, 1.165) is 0 Å². The number of hydrogen-bond acceptors (Lipinski definition) is 3. The van der Waals surface area contributed by atoms with Gasteiger partial charge in [-0.1, -0.05) is 23.4 Å². The van der Waals surface area contributed by atoms with Crippen LogP contribution in [0.1, 0.15) is 42.7 Å². The molecule has 0 aliphatic heterocycles. The van der Waals surface area contributed by atoms with Gasteiger partial charge >= 0.3 is 0 Å². The first kappa shape index (κ1) is 12.4. The van der Waals surface area contributed by atoms with E-state index in [9.17, 15) is 5.11 Å². The molecule has 0 unspecified atom stereocenters. The molecule has 1 aromatic heterocycles. The van der Waals surface area contributed by atoms with Crippen LogP contribution in [0.3, 0.4) is 0 Å². The van der Waals surface area contributed by atoms with Crippen molar-refractivity contribution in [1.29, 1.82) is 0 Å². The van der Waals surface area contributed by atoms with Crippen LogP contribution in [-0.2, 0) is 25.0 Å². The molecule has 1 N–H and O–H groups in total. The highest BCUT2D eigenvalue weighted by molar-refractivity contribution is 5.35. The summed E-state index contributed by atoms with van der Waals surface area (Å²) in [5, 5.41) is 18.0. The zero-order valence-corrected chi connectivity index (χ0v) is 11.4. The van der Waals surface area contributed by atoms with Crippen molar-refractivity contribution in [2.24, 2.45) is 0 Å². The second kappa shape index (κ2) is 4.46. The number of aryl methyl sites for hydroxylation is 2. The maximum absolute atomic E-state index is 9.88. The average molecular weight is 257 g/mol. The summed E-state index contributed by atoms with van der Waals surface area (Å²) >= 11 is 0. The van der Waals surface area contributed by atoms with Crippen molar-refractivity contribution in [3.05, 3.63) is 46.8 Å². The molecule has 0 saturated carbocycles. The molecule has 1 heterocycles. The monoisotopic (exact) mass is 257 g/mol. The van der Waals surface area contributed by atoms with E-state index in [1.54, 1.807) is 18.5 Å². The Hall–Kier alpha value is -1.68. The molecular weight excluding hydrogens is 238 g/mol. The van der Waals surface area contributed by atoms with Crippen molar-refractivity contribution < 1.29 is 5.11 Å². The van der Waals surface area contributed by atoms with Gasteiger partial charge in [-0.05, 0) is 49.8 Å². The minimum Gasteiger partial charge on any atom is -0.384 e. The molecular formula is C15H19N3O. The SMILES string of the molecule is CC(C)(O)c1cn(Cc2ccc3c(c2)CCC3)nn1. The van der Waals surface area contributed by atoms with Gasteiger partial charge in [0, 0.05) is 0 Å². The molecule has 100 valence electrons. The molecule has 2 aromatic rings. The molecule has 1 aromatic carbocycles. The summed E-state index contributed by atoms with van der Waals surface area (Å²) in [6.45, 7) is 4.14. The lowest BCUT2D eigenvalue weighted by Crippen LogP contribution is -2.15. The highest BCUT2D eigenvalue weighted by Crippen LogP contribution is 2.23. The first-order valence-electron chi connectivity index (χ1n) is 6.76. The second-order valence-electron chi connectivity index (χ2n) is 5.82. The molecule has 4 nitrogen and oxygen atoms in total. The predicted octanol–water partition coefficient (Wildman–Crippen LogP) is 2.04. The van der Waals surface area contributed by atoms with Gasteiger partial charge in [-0.3, -0.25) is 0 Å².